The number of carboxylic acid groups (broad SMARTS) is 1. The van der Waals surface area contributed by atoms with Crippen LogP contribution in [0.25, 0.3) is 0 Å². The second kappa shape index (κ2) is 8.26. The van der Waals surface area contributed by atoms with Crippen molar-refractivity contribution in [1.29, 1.82) is 0 Å². The Morgan fingerprint density at radius 1 is 1.15 bits per heavy atom. The molecule has 1 rings (SSSR count). The Hall–Kier alpha value is -1.08. The predicted octanol–water partition coefficient (Wildman–Crippen LogP) is 3.29. The van der Waals surface area contributed by atoms with Gasteiger partial charge in [-0.1, -0.05) is 22.4 Å². The molecule has 0 bridgehead atoms. The minimum absolute atomic E-state index is 0.100. The van der Waals surface area contributed by atoms with Crippen LogP contribution in [0, 0.1) is 0 Å². The van der Waals surface area contributed by atoms with Crippen LogP contribution in [-0.4, -0.2) is 28.6 Å². The van der Waals surface area contributed by atoms with E-state index in [0.29, 0.717) is 28.3 Å². The van der Waals surface area contributed by atoms with Crippen LogP contribution in [0.15, 0.2) is 21.1 Å². The average Bonchev–Trinajstić information content (AvgIpc) is 2.37. The van der Waals surface area contributed by atoms with Gasteiger partial charge in [-0.15, -0.1) is 0 Å². The van der Waals surface area contributed by atoms with Crippen molar-refractivity contribution in [2.45, 2.75) is 25.7 Å². The van der Waals surface area contributed by atoms with Gasteiger partial charge < -0.3 is 15.5 Å². The Kier molecular flexibility index (Phi) is 7.01. The number of rotatable bonds is 7. The van der Waals surface area contributed by atoms with Gasteiger partial charge in [-0.25, -0.2) is 0 Å². The van der Waals surface area contributed by atoms with Crippen molar-refractivity contribution < 1.29 is 19.8 Å². The van der Waals surface area contributed by atoms with E-state index in [1.807, 2.05) is 0 Å². The van der Waals surface area contributed by atoms with Gasteiger partial charge in [0.15, 0.2) is 0 Å². The van der Waals surface area contributed by atoms with Crippen molar-refractivity contribution in [3.05, 3.63) is 26.6 Å². The molecule has 110 valence electrons. The maximum absolute atomic E-state index is 11.9. The van der Waals surface area contributed by atoms with E-state index < -0.39 is 5.97 Å². The van der Waals surface area contributed by atoms with Gasteiger partial charge in [0.2, 0.25) is 0 Å². The Morgan fingerprint density at radius 3 is 2.50 bits per heavy atom. The van der Waals surface area contributed by atoms with Gasteiger partial charge in [-0.3, -0.25) is 9.59 Å². The lowest BCUT2D eigenvalue weighted by molar-refractivity contribution is -0.137. The second-order valence-corrected chi connectivity index (χ2v) is 6.01. The molecule has 0 aliphatic carbocycles. The van der Waals surface area contributed by atoms with Crippen LogP contribution >= 0.6 is 31.9 Å². The summed E-state index contributed by atoms with van der Waals surface area (Å²) in [4.78, 5) is 22.2. The molecular weight excluding hydrogens is 394 g/mol. The summed E-state index contributed by atoms with van der Waals surface area (Å²) in [6, 6.07) is 3.19. The molecule has 0 unspecified atom stereocenters. The number of carboxylic acids is 1. The summed E-state index contributed by atoms with van der Waals surface area (Å²) in [5.74, 6) is -1.27. The average molecular weight is 409 g/mol. The minimum Gasteiger partial charge on any atom is -0.506 e. The van der Waals surface area contributed by atoms with E-state index in [2.05, 4.69) is 37.2 Å². The van der Waals surface area contributed by atoms with E-state index >= 15 is 0 Å². The first-order chi connectivity index (χ1) is 9.41. The number of carbonyl (C=O) groups excluding carboxylic acids is 1. The van der Waals surface area contributed by atoms with E-state index in [1.54, 1.807) is 12.1 Å². The van der Waals surface area contributed by atoms with Crippen LogP contribution in [-0.2, 0) is 4.79 Å². The van der Waals surface area contributed by atoms with Gasteiger partial charge in [-0.2, -0.15) is 0 Å². The first-order valence-corrected chi connectivity index (χ1v) is 7.68. The van der Waals surface area contributed by atoms with Crippen LogP contribution in [0.2, 0.25) is 0 Å². The standard InChI is InChI=1S/C13H15Br2NO4/c14-8-6-9(12(19)10(15)7-8)13(20)16-5-3-1-2-4-11(17)18/h6-7,19H,1-5H2,(H,16,20)(H,17,18). The number of hydrogen-bond acceptors (Lipinski definition) is 3. The van der Waals surface area contributed by atoms with E-state index in [4.69, 9.17) is 5.11 Å². The van der Waals surface area contributed by atoms with E-state index in [0.717, 1.165) is 6.42 Å². The first kappa shape index (κ1) is 17.0. The molecule has 0 heterocycles. The molecule has 3 N–H and O–H groups in total. The maximum atomic E-state index is 11.9. The fourth-order valence-electron chi connectivity index (χ4n) is 1.61. The zero-order valence-electron chi connectivity index (χ0n) is 10.7. The molecule has 20 heavy (non-hydrogen) atoms. The molecule has 1 aromatic rings. The van der Waals surface area contributed by atoms with Crippen molar-refractivity contribution in [3.8, 4) is 5.75 Å². The van der Waals surface area contributed by atoms with E-state index in [1.165, 1.54) is 0 Å². The maximum Gasteiger partial charge on any atom is 0.303 e. The Morgan fingerprint density at radius 2 is 1.85 bits per heavy atom. The molecule has 0 aliphatic heterocycles. The number of hydrogen-bond donors (Lipinski definition) is 3. The largest absolute Gasteiger partial charge is 0.506 e. The number of aliphatic carboxylic acids is 1. The number of phenolic OH excluding ortho intramolecular Hbond substituents is 1. The summed E-state index contributed by atoms with van der Waals surface area (Å²) in [6.07, 6.45) is 2.18. The summed E-state index contributed by atoms with van der Waals surface area (Å²) in [5, 5.41) is 21.0. The number of unbranched alkanes of at least 4 members (excludes halogenated alkanes) is 2. The number of aromatic hydroxyl groups is 1. The Labute approximate surface area is 133 Å². The fraction of sp³-hybridized carbons (Fsp3) is 0.385. The van der Waals surface area contributed by atoms with Gasteiger partial charge in [-0.05, 0) is 40.9 Å². The molecule has 0 fully saturated rings. The van der Waals surface area contributed by atoms with Gasteiger partial charge in [0.05, 0.1) is 10.0 Å². The highest BCUT2D eigenvalue weighted by atomic mass is 79.9. The zero-order valence-corrected chi connectivity index (χ0v) is 13.8. The van der Waals surface area contributed by atoms with Gasteiger partial charge in [0.25, 0.3) is 5.91 Å². The number of halogens is 2. The summed E-state index contributed by atoms with van der Waals surface area (Å²) in [7, 11) is 0. The normalized spacial score (nSPS) is 10.3. The third kappa shape index (κ3) is 5.50. The first-order valence-electron chi connectivity index (χ1n) is 6.10. The summed E-state index contributed by atoms with van der Waals surface area (Å²) in [6.45, 7) is 0.446. The van der Waals surface area contributed by atoms with Crippen LogP contribution in [0.5, 0.6) is 5.75 Å². The number of amides is 1. The fourth-order valence-corrected chi connectivity index (χ4v) is 2.84. The molecule has 0 saturated heterocycles. The topological polar surface area (TPSA) is 86.6 Å². The molecule has 5 nitrogen and oxygen atoms in total. The molecule has 0 aromatic heterocycles. The summed E-state index contributed by atoms with van der Waals surface area (Å²) < 4.78 is 1.13. The number of benzene rings is 1. The van der Waals surface area contributed by atoms with E-state index in [-0.39, 0.29) is 23.6 Å². The number of phenols is 1. The minimum atomic E-state index is -0.807. The summed E-state index contributed by atoms with van der Waals surface area (Å²) >= 11 is 6.42. The van der Waals surface area contributed by atoms with Crippen LogP contribution in [0.4, 0.5) is 0 Å². The smallest absolute Gasteiger partial charge is 0.303 e. The lowest BCUT2D eigenvalue weighted by Crippen LogP contribution is -2.24. The number of nitrogens with one attached hydrogen (secondary N) is 1. The van der Waals surface area contributed by atoms with Crippen molar-refractivity contribution in [3.63, 3.8) is 0 Å². The molecule has 7 heteroatoms. The lowest BCUT2D eigenvalue weighted by atomic mass is 10.1. The zero-order chi connectivity index (χ0) is 15.1. The molecule has 0 radical (unpaired) electrons. The Balaban J connectivity index is 2.42. The van der Waals surface area contributed by atoms with Crippen LogP contribution in [0.1, 0.15) is 36.0 Å². The monoisotopic (exact) mass is 407 g/mol. The van der Waals surface area contributed by atoms with Gasteiger partial charge in [0.1, 0.15) is 5.75 Å². The lowest BCUT2D eigenvalue weighted by Gasteiger charge is -2.08. The van der Waals surface area contributed by atoms with Crippen LogP contribution < -0.4 is 5.32 Å². The van der Waals surface area contributed by atoms with Gasteiger partial charge >= 0.3 is 5.97 Å². The number of carbonyl (C=O) groups is 2. The Bertz CT molecular complexity index is 505. The summed E-state index contributed by atoms with van der Waals surface area (Å²) in [5.41, 5.74) is 0.191. The highest BCUT2D eigenvalue weighted by molar-refractivity contribution is 9.11. The molecule has 0 aliphatic rings. The van der Waals surface area contributed by atoms with Crippen molar-refractivity contribution >= 4 is 43.7 Å². The molecular formula is C13H15Br2NO4. The van der Waals surface area contributed by atoms with Crippen molar-refractivity contribution in [2.24, 2.45) is 0 Å². The molecule has 1 amide bonds. The van der Waals surface area contributed by atoms with E-state index in [9.17, 15) is 14.7 Å². The van der Waals surface area contributed by atoms with Crippen molar-refractivity contribution in [1.82, 2.24) is 5.32 Å². The highest BCUT2D eigenvalue weighted by Crippen LogP contribution is 2.31. The quantitative estimate of drug-likeness (QED) is 0.604. The van der Waals surface area contributed by atoms with Gasteiger partial charge in [0, 0.05) is 17.4 Å². The predicted molar refractivity (Wildman–Crippen MR) is 81.9 cm³/mol. The second-order valence-electron chi connectivity index (χ2n) is 4.24. The van der Waals surface area contributed by atoms with Crippen molar-refractivity contribution in [2.75, 3.05) is 6.54 Å². The highest BCUT2D eigenvalue weighted by Gasteiger charge is 2.14. The molecule has 0 saturated carbocycles. The van der Waals surface area contributed by atoms with Crippen LogP contribution in [0.3, 0.4) is 0 Å². The third-order valence-corrected chi connectivity index (χ3v) is 3.69. The molecule has 0 atom stereocenters. The SMILES string of the molecule is O=C(O)CCCCCNC(=O)c1cc(Br)cc(Br)c1O. The molecule has 0 spiro atoms. The molecule has 1 aromatic carbocycles. The third-order valence-electron chi connectivity index (χ3n) is 2.63.